The zero-order valence-corrected chi connectivity index (χ0v) is 26.6. The first kappa shape index (κ1) is 26.7. The van der Waals surface area contributed by atoms with Crippen molar-refractivity contribution in [2.75, 3.05) is 0 Å². The fourth-order valence-electron chi connectivity index (χ4n) is 6.16. The first-order chi connectivity index (χ1) is 18.6. The van der Waals surface area contributed by atoms with E-state index in [0.717, 1.165) is 11.8 Å². The van der Waals surface area contributed by atoms with Gasteiger partial charge in [-0.25, -0.2) is 0 Å². The predicted molar refractivity (Wildman–Crippen MR) is 179 cm³/mol. The Morgan fingerprint density at radius 3 is 1.37 bits per heavy atom. The number of thiophene rings is 4. The van der Waals surface area contributed by atoms with E-state index in [4.69, 9.17) is 0 Å². The molecule has 0 bridgehead atoms. The average Bonchev–Trinajstić information content (AvgIpc) is 3.69. The van der Waals surface area contributed by atoms with Crippen molar-refractivity contribution in [1.82, 2.24) is 0 Å². The monoisotopic (exact) mass is 576 g/mol. The summed E-state index contributed by atoms with van der Waals surface area (Å²) in [6.07, 6.45) is 13.1. The minimum absolute atomic E-state index is 0.825. The Balaban J connectivity index is 1.38. The van der Waals surface area contributed by atoms with Gasteiger partial charge in [-0.1, -0.05) is 91.2 Å². The summed E-state index contributed by atoms with van der Waals surface area (Å²) in [5.74, 6) is 1.65. The van der Waals surface area contributed by atoms with Crippen LogP contribution in [0.1, 0.15) is 88.8 Å². The molecule has 200 valence electrons. The SMILES string of the molecule is CCCCC(CC)Cc1cc2c(ccc3c2sc2c4ccc5sc(CC(CC)CCCC)cc5c4sc32)s1. The van der Waals surface area contributed by atoms with Crippen LogP contribution in [0.2, 0.25) is 0 Å². The molecular weight excluding hydrogens is 537 g/mol. The first-order valence-corrected chi connectivity index (χ1v) is 18.1. The summed E-state index contributed by atoms with van der Waals surface area (Å²) in [6, 6.07) is 14.7. The minimum atomic E-state index is 0.825. The molecular formula is C34H40S4. The highest BCUT2D eigenvalue weighted by Crippen LogP contribution is 2.49. The molecule has 4 heteroatoms. The number of hydrogen-bond acceptors (Lipinski definition) is 4. The lowest BCUT2D eigenvalue weighted by atomic mass is 9.95. The van der Waals surface area contributed by atoms with E-state index in [9.17, 15) is 0 Å². The second-order valence-electron chi connectivity index (χ2n) is 11.2. The van der Waals surface area contributed by atoms with Crippen molar-refractivity contribution >= 4 is 95.1 Å². The van der Waals surface area contributed by atoms with Crippen molar-refractivity contribution in [3.8, 4) is 0 Å². The third-order valence-electron chi connectivity index (χ3n) is 8.57. The van der Waals surface area contributed by atoms with Crippen molar-refractivity contribution in [3.63, 3.8) is 0 Å². The summed E-state index contributed by atoms with van der Waals surface area (Å²) < 4.78 is 8.94. The average molecular weight is 577 g/mol. The minimum Gasteiger partial charge on any atom is -0.140 e. The Labute approximate surface area is 243 Å². The van der Waals surface area contributed by atoms with E-state index in [0.29, 0.717) is 0 Å². The third-order valence-corrected chi connectivity index (χ3v) is 13.5. The lowest BCUT2D eigenvalue weighted by molar-refractivity contribution is 0.452. The molecule has 6 aromatic rings. The highest BCUT2D eigenvalue weighted by atomic mass is 32.1. The van der Waals surface area contributed by atoms with Crippen molar-refractivity contribution in [3.05, 3.63) is 46.2 Å². The van der Waals surface area contributed by atoms with Crippen LogP contribution in [-0.2, 0) is 12.8 Å². The highest BCUT2D eigenvalue weighted by Gasteiger charge is 2.19. The molecule has 0 aliphatic carbocycles. The zero-order valence-electron chi connectivity index (χ0n) is 23.3. The van der Waals surface area contributed by atoms with E-state index in [1.165, 1.54) is 114 Å². The topological polar surface area (TPSA) is 0 Å². The Kier molecular flexibility index (Phi) is 8.14. The van der Waals surface area contributed by atoms with Crippen LogP contribution in [0.4, 0.5) is 0 Å². The van der Waals surface area contributed by atoms with Gasteiger partial charge in [-0.05, 0) is 48.9 Å². The van der Waals surface area contributed by atoms with E-state index in [2.05, 4.69) is 64.1 Å². The lowest BCUT2D eigenvalue weighted by Gasteiger charge is -2.12. The number of rotatable bonds is 12. The Morgan fingerprint density at radius 1 is 0.526 bits per heavy atom. The van der Waals surface area contributed by atoms with Crippen molar-refractivity contribution < 1.29 is 0 Å². The second kappa shape index (κ2) is 11.6. The van der Waals surface area contributed by atoms with Gasteiger partial charge in [0.1, 0.15) is 0 Å². The Morgan fingerprint density at radius 2 is 0.974 bits per heavy atom. The summed E-state index contributed by atoms with van der Waals surface area (Å²) in [5, 5.41) is 5.92. The lowest BCUT2D eigenvalue weighted by Crippen LogP contribution is -2.01. The van der Waals surface area contributed by atoms with Crippen molar-refractivity contribution in [2.45, 2.75) is 91.9 Å². The summed E-state index contributed by atoms with van der Waals surface area (Å²) in [4.78, 5) is 3.16. The molecule has 0 spiro atoms. The quantitative estimate of drug-likeness (QED) is 0.136. The van der Waals surface area contributed by atoms with Crippen LogP contribution in [0, 0.1) is 11.8 Å². The number of fused-ring (bicyclic) bond motifs is 9. The zero-order chi connectivity index (χ0) is 26.2. The fraction of sp³-hybridized carbons (Fsp3) is 0.471. The molecule has 0 fully saturated rings. The van der Waals surface area contributed by atoms with Gasteiger partial charge in [0, 0.05) is 50.1 Å². The smallest absolute Gasteiger partial charge is 0.0542 e. The molecule has 4 heterocycles. The van der Waals surface area contributed by atoms with Crippen molar-refractivity contribution in [2.24, 2.45) is 11.8 Å². The van der Waals surface area contributed by atoms with Crippen molar-refractivity contribution in [1.29, 1.82) is 0 Å². The Hall–Kier alpha value is -1.46. The second-order valence-corrected chi connectivity index (χ2v) is 15.6. The molecule has 0 amide bonds. The van der Waals surface area contributed by atoms with Gasteiger partial charge in [0.05, 0.1) is 9.40 Å². The summed E-state index contributed by atoms with van der Waals surface area (Å²) in [5.41, 5.74) is 0. The van der Waals surface area contributed by atoms with Gasteiger partial charge >= 0.3 is 0 Å². The molecule has 0 saturated carbocycles. The number of benzene rings is 2. The molecule has 2 unspecified atom stereocenters. The largest absolute Gasteiger partial charge is 0.140 e. The van der Waals surface area contributed by atoms with E-state index >= 15 is 0 Å². The van der Waals surface area contributed by atoms with Gasteiger partial charge < -0.3 is 0 Å². The Bertz CT molecular complexity index is 1560. The van der Waals surface area contributed by atoms with E-state index < -0.39 is 0 Å². The molecule has 0 nitrogen and oxygen atoms in total. The molecule has 0 aliphatic rings. The van der Waals surface area contributed by atoms with Crippen LogP contribution < -0.4 is 0 Å². The maximum atomic E-state index is 2.53. The van der Waals surface area contributed by atoms with Crippen LogP contribution in [0.25, 0.3) is 49.7 Å². The van der Waals surface area contributed by atoms with E-state index in [1.54, 1.807) is 9.75 Å². The summed E-state index contributed by atoms with van der Waals surface area (Å²) in [6.45, 7) is 9.36. The van der Waals surface area contributed by atoms with E-state index in [-0.39, 0.29) is 0 Å². The fourth-order valence-corrected chi connectivity index (χ4v) is 11.5. The van der Waals surface area contributed by atoms with Crippen LogP contribution in [0.15, 0.2) is 36.4 Å². The maximum absolute atomic E-state index is 2.53. The molecule has 2 atom stereocenters. The van der Waals surface area contributed by atoms with Crippen LogP contribution in [0.3, 0.4) is 0 Å². The number of unbranched alkanes of at least 4 members (excludes halogenated alkanes) is 2. The van der Waals surface area contributed by atoms with Gasteiger partial charge in [0.2, 0.25) is 0 Å². The molecule has 0 radical (unpaired) electrons. The van der Waals surface area contributed by atoms with Gasteiger partial charge in [0.15, 0.2) is 0 Å². The molecule has 0 saturated heterocycles. The molecule has 6 rings (SSSR count). The highest BCUT2D eigenvalue weighted by molar-refractivity contribution is 7.37. The van der Waals surface area contributed by atoms with E-state index in [1.807, 2.05) is 45.3 Å². The van der Waals surface area contributed by atoms with Gasteiger partial charge in [-0.3, -0.25) is 0 Å². The van der Waals surface area contributed by atoms with Crippen LogP contribution in [-0.4, -0.2) is 0 Å². The van der Waals surface area contributed by atoms with Crippen LogP contribution in [0.5, 0.6) is 0 Å². The molecule has 0 aliphatic heterocycles. The summed E-state index contributed by atoms with van der Waals surface area (Å²) >= 11 is 8.14. The van der Waals surface area contributed by atoms with Crippen LogP contribution >= 0.6 is 45.3 Å². The predicted octanol–water partition coefficient (Wildman–Crippen LogP) is 13.2. The summed E-state index contributed by atoms with van der Waals surface area (Å²) in [7, 11) is 0. The van der Waals surface area contributed by atoms with Gasteiger partial charge in [0.25, 0.3) is 0 Å². The molecule has 2 aromatic carbocycles. The first-order valence-electron chi connectivity index (χ1n) is 14.8. The van der Waals surface area contributed by atoms with Gasteiger partial charge in [-0.2, -0.15) is 0 Å². The molecule has 38 heavy (non-hydrogen) atoms. The molecule has 0 N–H and O–H groups in total. The number of hydrogen-bond donors (Lipinski definition) is 0. The third kappa shape index (κ3) is 4.96. The molecule has 4 aromatic heterocycles. The van der Waals surface area contributed by atoms with Gasteiger partial charge in [-0.15, -0.1) is 45.3 Å². The standard InChI is InChI=1S/C34H40S4/c1-5-9-11-21(7-3)17-23-19-27-29(35-23)15-13-25-31(27)37-34-26-14-16-30-28(32(26)38-33(25)34)20-24(36-30)18-22(8-4)12-10-6-2/h13-16,19-22H,5-12,17-18H2,1-4H3. The normalized spacial score (nSPS) is 14.1. The maximum Gasteiger partial charge on any atom is 0.0542 e.